The molecule has 3 heterocycles. The SMILES string of the molecule is CC(C)(O)c1cc(F)c(-c2cc(C(N)=O)c(Nc3cccc(Cn4cc(C(=O)O)nn4)n3)s2)c(F)c1. The molecule has 4 aromatic rings. The van der Waals surface area contributed by atoms with Crippen LogP contribution in [0.4, 0.5) is 19.6 Å². The van der Waals surface area contributed by atoms with Crippen LogP contribution in [0.2, 0.25) is 0 Å². The van der Waals surface area contributed by atoms with Crippen LogP contribution in [0.15, 0.2) is 42.6 Å². The maximum atomic E-state index is 14.9. The molecular weight excluding hydrogens is 494 g/mol. The van der Waals surface area contributed by atoms with Gasteiger partial charge < -0.3 is 21.3 Å². The van der Waals surface area contributed by atoms with Crippen LogP contribution >= 0.6 is 11.3 Å². The number of carbonyl (C=O) groups excluding carboxylic acids is 1. The average Bonchev–Trinajstić information content (AvgIpc) is 3.40. The van der Waals surface area contributed by atoms with Gasteiger partial charge in [0.25, 0.3) is 5.91 Å². The third-order valence-corrected chi connectivity index (χ3v) is 6.19. The smallest absolute Gasteiger partial charge is 0.358 e. The highest BCUT2D eigenvalue weighted by Gasteiger charge is 2.24. The minimum absolute atomic E-state index is 0.00921. The highest BCUT2D eigenvalue weighted by molar-refractivity contribution is 7.20. The molecule has 0 aliphatic heterocycles. The van der Waals surface area contributed by atoms with Crippen molar-refractivity contribution in [3.05, 3.63) is 76.7 Å². The Morgan fingerprint density at radius 2 is 1.89 bits per heavy atom. The Bertz CT molecular complexity index is 1450. The van der Waals surface area contributed by atoms with E-state index in [2.05, 4.69) is 20.6 Å². The number of nitrogens with two attached hydrogens (primary N) is 1. The van der Waals surface area contributed by atoms with Gasteiger partial charge in [-0.05, 0) is 49.7 Å². The van der Waals surface area contributed by atoms with E-state index in [-0.39, 0.29) is 38.8 Å². The number of nitrogens with one attached hydrogen (secondary N) is 1. The van der Waals surface area contributed by atoms with E-state index in [0.717, 1.165) is 23.5 Å². The Morgan fingerprint density at radius 3 is 2.47 bits per heavy atom. The first kappa shape index (κ1) is 24.9. The Labute approximate surface area is 207 Å². The normalized spacial score (nSPS) is 11.5. The van der Waals surface area contributed by atoms with Gasteiger partial charge in [-0.25, -0.2) is 23.2 Å². The topological polar surface area (TPSA) is 156 Å². The van der Waals surface area contributed by atoms with Gasteiger partial charge in [-0.3, -0.25) is 4.79 Å². The number of aliphatic hydroxyl groups is 1. The highest BCUT2D eigenvalue weighted by Crippen LogP contribution is 2.40. The van der Waals surface area contributed by atoms with E-state index >= 15 is 0 Å². The third-order valence-electron chi connectivity index (χ3n) is 5.12. The number of thiophene rings is 1. The van der Waals surface area contributed by atoms with Crippen LogP contribution in [0.3, 0.4) is 0 Å². The maximum Gasteiger partial charge on any atom is 0.358 e. The molecule has 4 rings (SSSR count). The quantitative estimate of drug-likeness (QED) is 0.278. The number of aromatic carboxylic acids is 1. The summed E-state index contributed by atoms with van der Waals surface area (Å²) in [5.41, 5.74) is 4.06. The fourth-order valence-corrected chi connectivity index (χ4v) is 4.46. The van der Waals surface area contributed by atoms with E-state index < -0.39 is 29.1 Å². The molecule has 186 valence electrons. The molecule has 3 aromatic heterocycles. The zero-order valence-corrected chi connectivity index (χ0v) is 19.8. The van der Waals surface area contributed by atoms with E-state index in [1.165, 1.54) is 30.8 Å². The van der Waals surface area contributed by atoms with Crippen molar-refractivity contribution in [3.8, 4) is 10.4 Å². The summed E-state index contributed by atoms with van der Waals surface area (Å²) in [7, 11) is 0. The molecule has 0 fully saturated rings. The number of primary amides is 1. The lowest BCUT2D eigenvalue weighted by molar-refractivity contribution is 0.0689. The maximum absolute atomic E-state index is 14.9. The first-order chi connectivity index (χ1) is 16.9. The average molecular weight is 515 g/mol. The monoisotopic (exact) mass is 514 g/mol. The number of amides is 1. The van der Waals surface area contributed by atoms with Crippen LogP contribution < -0.4 is 11.1 Å². The number of nitrogens with zero attached hydrogens (tertiary/aromatic N) is 4. The summed E-state index contributed by atoms with van der Waals surface area (Å²) in [5, 5.41) is 29.5. The van der Waals surface area contributed by atoms with Gasteiger partial charge in [-0.15, -0.1) is 16.4 Å². The number of hydrogen-bond donors (Lipinski definition) is 4. The number of hydrogen-bond acceptors (Lipinski definition) is 8. The van der Waals surface area contributed by atoms with Crippen molar-refractivity contribution in [1.29, 1.82) is 0 Å². The minimum atomic E-state index is -1.45. The molecule has 0 saturated carbocycles. The fraction of sp³-hybridized carbons (Fsp3) is 0.174. The van der Waals surface area contributed by atoms with Crippen LogP contribution in [-0.4, -0.2) is 42.1 Å². The Kier molecular flexibility index (Phi) is 6.52. The predicted molar refractivity (Wildman–Crippen MR) is 127 cm³/mol. The molecule has 5 N–H and O–H groups in total. The minimum Gasteiger partial charge on any atom is -0.476 e. The van der Waals surface area contributed by atoms with Crippen molar-refractivity contribution in [3.63, 3.8) is 0 Å². The molecule has 1 amide bonds. The zero-order chi connectivity index (χ0) is 26.2. The molecule has 0 saturated heterocycles. The van der Waals surface area contributed by atoms with Crippen molar-refractivity contribution in [2.24, 2.45) is 5.73 Å². The van der Waals surface area contributed by atoms with Crippen molar-refractivity contribution in [2.45, 2.75) is 26.0 Å². The number of carboxylic acid groups (broad SMARTS) is 1. The summed E-state index contributed by atoms with van der Waals surface area (Å²) >= 11 is 0.907. The predicted octanol–water partition coefficient (Wildman–Crippen LogP) is 3.50. The molecule has 1 aromatic carbocycles. The first-order valence-corrected chi connectivity index (χ1v) is 11.3. The standard InChI is InChI=1S/C23H20F2N6O4S/c1-23(2,35)11-6-14(24)19(15(25)7-11)17-8-13(20(26)32)21(36-17)28-18-5-3-4-12(27-18)9-31-10-16(22(33)34)29-30-31/h3-8,10,35H,9H2,1-2H3,(H2,26,32)(H,27,28)(H,33,34). The number of carboxylic acids is 1. The molecule has 0 bridgehead atoms. The van der Waals surface area contributed by atoms with Gasteiger partial charge in [0.1, 0.15) is 22.5 Å². The van der Waals surface area contributed by atoms with E-state index in [1.807, 2.05) is 0 Å². The van der Waals surface area contributed by atoms with Crippen LogP contribution in [0.5, 0.6) is 0 Å². The summed E-state index contributed by atoms with van der Waals surface area (Å²) < 4.78 is 31.0. The van der Waals surface area contributed by atoms with E-state index in [0.29, 0.717) is 11.5 Å². The molecule has 0 atom stereocenters. The lowest BCUT2D eigenvalue weighted by Gasteiger charge is -2.18. The van der Waals surface area contributed by atoms with E-state index in [9.17, 15) is 23.5 Å². The fourth-order valence-electron chi connectivity index (χ4n) is 3.35. The molecule has 0 aliphatic rings. The second-order valence-electron chi connectivity index (χ2n) is 8.34. The molecule has 0 spiro atoms. The van der Waals surface area contributed by atoms with Gasteiger partial charge in [0.2, 0.25) is 0 Å². The van der Waals surface area contributed by atoms with Gasteiger partial charge in [-0.1, -0.05) is 11.3 Å². The number of halogens is 2. The molecule has 0 aliphatic carbocycles. The summed E-state index contributed by atoms with van der Waals surface area (Å²) in [6.45, 7) is 2.95. The van der Waals surface area contributed by atoms with Gasteiger partial charge >= 0.3 is 5.97 Å². The lowest BCUT2D eigenvalue weighted by Crippen LogP contribution is -2.16. The van der Waals surface area contributed by atoms with Crippen LogP contribution in [0.25, 0.3) is 10.4 Å². The van der Waals surface area contributed by atoms with E-state index in [4.69, 9.17) is 10.8 Å². The van der Waals surface area contributed by atoms with Gasteiger partial charge in [0.15, 0.2) is 5.69 Å². The summed E-state index contributed by atoms with van der Waals surface area (Å²) in [6, 6.07) is 8.33. The Balaban J connectivity index is 1.64. The molecule has 0 radical (unpaired) electrons. The van der Waals surface area contributed by atoms with Crippen molar-refractivity contribution in [2.75, 3.05) is 5.32 Å². The first-order valence-electron chi connectivity index (χ1n) is 10.4. The Morgan fingerprint density at radius 1 is 1.19 bits per heavy atom. The molecule has 0 unspecified atom stereocenters. The third kappa shape index (κ3) is 5.21. The summed E-state index contributed by atoms with van der Waals surface area (Å²) in [5.74, 6) is -3.51. The summed E-state index contributed by atoms with van der Waals surface area (Å²) in [6.07, 6.45) is 1.26. The van der Waals surface area contributed by atoms with Gasteiger partial charge in [0, 0.05) is 4.88 Å². The molecule has 10 nitrogen and oxygen atoms in total. The van der Waals surface area contributed by atoms with Crippen molar-refractivity contribution >= 4 is 34.0 Å². The van der Waals surface area contributed by atoms with Gasteiger partial charge in [0.05, 0.1) is 35.2 Å². The number of benzene rings is 1. The Hall–Kier alpha value is -4.23. The van der Waals surface area contributed by atoms with Crippen molar-refractivity contribution in [1.82, 2.24) is 20.0 Å². The van der Waals surface area contributed by atoms with Crippen LogP contribution in [0.1, 0.15) is 46.0 Å². The highest BCUT2D eigenvalue weighted by atomic mass is 32.1. The largest absolute Gasteiger partial charge is 0.476 e. The number of anilines is 2. The lowest BCUT2D eigenvalue weighted by atomic mass is 9.96. The number of rotatable bonds is 8. The number of carbonyl (C=O) groups is 2. The zero-order valence-electron chi connectivity index (χ0n) is 19.0. The number of aromatic nitrogens is 4. The number of pyridine rings is 1. The van der Waals surface area contributed by atoms with Gasteiger partial charge in [-0.2, -0.15) is 0 Å². The van der Waals surface area contributed by atoms with E-state index in [1.54, 1.807) is 18.2 Å². The van der Waals surface area contributed by atoms with Crippen molar-refractivity contribution < 1.29 is 28.6 Å². The molecule has 36 heavy (non-hydrogen) atoms. The van der Waals surface area contributed by atoms with Crippen LogP contribution in [0, 0.1) is 11.6 Å². The van der Waals surface area contributed by atoms with Crippen LogP contribution in [-0.2, 0) is 12.1 Å². The molecule has 13 heteroatoms. The molecular formula is C23H20F2N6O4S. The summed E-state index contributed by atoms with van der Waals surface area (Å²) in [4.78, 5) is 27.6. The second kappa shape index (κ2) is 9.43. The second-order valence-corrected chi connectivity index (χ2v) is 9.39.